The number of benzene rings is 1. The Hall–Kier alpha value is -2.02. The Balaban J connectivity index is 2.02. The fraction of sp³-hybridized carbons (Fsp3) is 0.529. The van der Waals surface area contributed by atoms with Crippen molar-refractivity contribution < 1.29 is 9.90 Å². The number of carbonyl (C=O) groups is 1. The van der Waals surface area contributed by atoms with E-state index in [0.29, 0.717) is 0 Å². The SMILES string of the molecule is CC(C)(C#N)CCCN1CC(CC(=O)O)c2ccccc21. The summed E-state index contributed by atoms with van der Waals surface area (Å²) in [6, 6.07) is 10.4. The minimum absolute atomic E-state index is 0.0719. The van der Waals surface area contributed by atoms with Crippen LogP contribution in [0, 0.1) is 16.7 Å². The minimum atomic E-state index is -0.748. The lowest BCUT2D eigenvalue weighted by Crippen LogP contribution is -2.25. The molecule has 1 N–H and O–H groups in total. The molecule has 0 saturated heterocycles. The zero-order chi connectivity index (χ0) is 15.5. The summed E-state index contributed by atoms with van der Waals surface area (Å²) in [5, 5.41) is 18.1. The fourth-order valence-electron chi connectivity index (χ4n) is 2.95. The van der Waals surface area contributed by atoms with Gasteiger partial charge in [0.15, 0.2) is 0 Å². The standard InChI is InChI=1S/C17H22N2O2/c1-17(2,12-18)8-5-9-19-11-13(10-16(20)21)14-6-3-4-7-15(14)19/h3-4,6-7,13H,5,8-11H2,1-2H3,(H,20,21). The third-order valence-electron chi connectivity index (χ3n) is 4.11. The molecule has 1 aromatic rings. The van der Waals surface area contributed by atoms with Crippen LogP contribution in [0.2, 0.25) is 0 Å². The van der Waals surface area contributed by atoms with Crippen LogP contribution >= 0.6 is 0 Å². The molecule has 4 nitrogen and oxygen atoms in total. The molecule has 0 bridgehead atoms. The van der Waals surface area contributed by atoms with Gasteiger partial charge < -0.3 is 10.0 Å². The molecule has 0 fully saturated rings. The molecule has 1 aliphatic heterocycles. The van der Waals surface area contributed by atoms with Crippen LogP contribution in [0.1, 0.15) is 44.6 Å². The van der Waals surface area contributed by atoms with E-state index in [9.17, 15) is 4.79 Å². The number of carboxylic acid groups (broad SMARTS) is 1. The summed E-state index contributed by atoms with van der Waals surface area (Å²) in [5.41, 5.74) is 2.00. The molecule has 0 aromatic heterocycles. The number of hydrogen-bond acceptors (Lipinski definition) is 3. The predicted molar refractivity (Wildman–Crippen MR) is 82.3 cm³/mol. The first-order chi connectivity index (χ1) is 9.93. The molecule has 112 valence electrons. The second kappa shape index (κ2) is 6.17. The molecule has 1 heterocycles. The van der Waals surface area contributed by atoms with Crippen molar-refractivity contribution in [2.24, 2.45) is 5.41 Å². The second-order valence-electron chi connectivity index (χ2n) is 6.40. The topological polar surface area (TPSA) is 64.3 Å². The third-order valence-corrected chi connectivity index (χ3v) is 4.11. The Morgan fingerprint density at radius 1 is 1.48 bits per heavy atom. The molecule has 0 aliphatic carbocycles. The monoisotopic (exact) mass is 286 g/mol. The van der Waals surface area contributed by atoms with Gasteiger partial charge in [0.05, 0.1) is 17.9 Å². The van der Waals surface area contributed by atoms with E-state index in [1.807, 2.05) is 32.0 Å². The highest BCUT2D eigenvalue weighted by molar-refractivity contribution is 5.71. The van der Waals surface area contributed by atoms with E-state index in [4.69, 9.17) is 10.4 Å². The average Bonchev–Trinajstić information content (AvgIpc) is 2.77. The Bertz CT molecular complexity index is 560. The highest BCUT2D eigenvalue weighted by atomic mass is 16.4. The molecule has 0 amide bonds. The van der Waals surface area contributed by atoms with E-state index >= 15 is 0 Å². The van der Waals surface area contributed by atoms with Crippen LogP contribution in [-0.4, -0.2) is 24.2 Å². The van der Waals surface area contributed by atoms with Crippen LogP contribution in [0.15, 0.2) is 24.3 Å². The Morgan fingerprint density at radius 2 is 2.19 bits per heavy atom. The number of fused-ring (bicyclic) bond motifs is 1. The first kappa shape index (κ1) is 15.4. The van der Waals surface area contributed by atoms with Crippen LogP contribution in [-0.2, 0) is 4.79 Å². The summed E-state index contributed by atoms with van der Waals surface area (Å²) in [6.07, 6.45) is 1.97. The van der Waals surface area contributed by atoms with Crippen molar-refractivity contribution in [3.05, 3.63) is 29.8 Å². The van der Waals surface area contributed by atoms with Crippen LogP contribution in [0.4, 0.5) is 5.69 Å². The zero-order valence-electron chi connectivity index (χ0n) is 12.7. The number of para-hydroxylation sites is 1. The van der Waals surface area contributed by atoms with E-state index < -0.39 is 5.97 Å². The normalized spacial score (nSPS) is 17.4. The maximum absolute atomic E-state index is 11.0. The van der Waals surface area contributed by atoms with Gasteiger partial charge in [-0.15, -0.1) is 0 Å². The third kappa shape index (κ3) is 3.75. The number of anilines is 1. The summed E-state index contributed by atoms with van der Waals surface area (Å²) in [5.74, 6) is -0.676. The van der Waals surface area contributed by atoms with Crippen molar-refractivity contribution in [3.8, 4) is 6.07 Å². The molecule has 1 aliphatic rings. The number of nitriles is 1. The molecule has 21 heavy (non-hydrogen) atoms. The lowest BCUT2D eigenvalue weighted by atomic mass is 9.90. The van der Waals surface area contributed by atoms with Crippen LogP contribution in [0.25, 0.3) is 0 Å². The van der Waals surface area contributed by atoms with Gasteiger partial charge in [0.1, 0.15) is 0 Å². The van der Waals surface area contributed by atoms with Crippen molar-refractivity contribution in [3.63, 3.8) is 0 Å². The average molecular weight is 286 g/mol. The van der Waals surface area contributed by atoms with Gasteiger partial charge in [0, 0.05) is 24.7 Å². The van der Waals surface area contributed by atoms with Gasteiger partial charge in [-0.3, -0.25) is 4.79 Å². The first-order valence-corrected chi connectivity index (χ1v) is 7.40. The number of carboxylic acids is 1. The highest BCUT2D eigenvalue weighted by Gasteiger charge is 2.29. The summed E-state index contributed by atoms with van der Waals surface area (Å²) < 4.78 is 0. The van der Waals surface area contributed by atoms with Gasteiger partial charge in [-0.25, -0.2) is 0 Å². The minimum Gasteiger partial charge on any atom is -0.481 e. The number of nitrogens with zero attached hydrogens (tertiary/aromatic N) is 2. The molecule has 1 atom stereocenters. The van der Waals surface area contributed by atoms with E-state index in [0.717, 1.165) is 37.2 Å². The molecule has 1 unspecified atom stereocenters. The number of rotatable bonds is 6. The van der Waals surface area contributed by atoms with Crippen molar-refractivity contribution in [2.45, 2.75) is 39.0 Å². The smallest absolute Gasteiger partial charge is 0.304 e. The molecule has 1 aromatic carbocycles. The first-order valence-electron chi connectivity index (χ1n) is 7.40. The molecule has 0 saturated carbocycles. The van der Waals surface area contributed by atoms with E-state index in [-0.39, 0.29) is 17.8 Å². The van der Waals surface area contributed by atoms with Gasteiger partial charge in [-0.2, -0.15) is 5.26 Å². The lowest BCUT2D eigenvalue weighted by Gasteiger charge is -2.22. The summed E-state index contributed by atoms with van der Waals surface area (Å²) >= 11 is 0. The molecular weight excluding hydrogens is 264 g/mol. The van der Waals surface area contributed by atoms with E-state index in [2.05, 4.69) is 17.0 Å². The Morgan fingerprint density at radius 3 is 2.86 bits per heavy atom. The van der Waals surface area contributed by atoms with E-state index in [1.54, 1.807) is 0 Å². The number of aliphatic carboxylic acids is 1. The molecule has 0 radical (unpaired) electrons. The van der Waals surface area contributed by atoms with Crippen LogP contribution < -0.4 is 4.90 Å². The maximum Gasteiger partial charge on any atom is 0.304 e. The Labute approximate surface area is 126 Å². The van der Waals surface area contributed by atoms with Gasteiger partial charge in [-0.05, 0) is 38.3 Å². The van der Waals surface area contributed by atoms with Gasteiger partial charge in [0.2, 0.25) is 0 Å². The summed E-state index contributed by atoms with van der Waals surface area (Å²) in [4.78, 5) is 13.3. The Kier molecular flexibility index (Phi) is 4.52. The van der Waals surface area contributed by atoms with Gasteiger partial charge in [0.25, 0.3) is 0 Å². The summed E-state index contributed by atoms with van der Waals surface area (Å²) in [6.45, 7) is 5.55. The number of hydrogen-bond donors (Lipinski definition) is 1. The molecular formula is C17H22N2O2. The molecule has 2 rings (SSSR count). The van der Waals surface area contributed by atoms with Gasteiger partial charge >= 0.3 is 5.97 Å². The largest absolute Gasteiger partial charge is 0.481 e. The molecule has 0 spiro atoms. The maximum atomic E-state index is 11.0. The van der Waals surface area contributed by atoms with Crippen LogP contribution in [0.5, 0.6) is 0 Å². The highest BCUT2D eigenvalue weighted by Crippen LogP contribution is 2.38. The van der Waals surface area contributed by atoms with Crippen molar-refractivity contribution in [1.29, 1.82) is 5.26 Å². The van der Waals surface area contributed by atoms with Crippen molar-refractivity contribution >= 4 is 11.7 Å². The van der Waals surface area contributed by atoms with Crippen molar-refractivity contribution in [1.82, 2.24) is 0 Å². The van der Waals surface area contributed by atoms with Crippen molar-refractivity contribution in [2.75, 3.05) is 18.0 Å². The zero-order valence-corrected chi connectivity index (χ0v) is 12.7. The second-order valence-corrected chi connectivity index (χ2v) is 6.40. The van der Waals surface area contributed by atoms with E-state index in [1.165, 1.54) is 0 Å². The quantitative estimate of drug-likeness (QED) is 0.870. The lowest BCUT2D eigenvalue weighted by molar-refractivity contribution is -0.137. The van der Waals surface area contributed by atoms with Crippen LogP contribution in [0.3, 0.4) is 0 Å². The fourth-order valence-corrected chi connectivity index (χ4v) is 2.95. The predicted octanol–water partition coefficient (Wildman–Crippen LogP) is 3.39. The molecule has 4 heteroatoms. The summed E-state index contributed by atoms with van der Waals surface area (Å²) in [7, 11) is 0. The van der Waals surface area contributed by atoms with Gasteiger partial charge in [-0.1, -0.05) is 18.2 Å².